The molecule has 5 nitrogen and oxygen atoms in total. The van der Waals surface area contributed by atoms with Crippen molar-refractivity contribution in [1.82, 2.24) is 0 Å². The molecule has 0 saturated carbocycles. The zero-order valence-corrected chi connectivity index (χ0v) is 13.0. The van der Waals surface area contributed by atoms with Crippen molar-refractivity contribution in [2.24, 2.45) is 5.92 Å². The van der Waals surface area contributed by atoms with E-state index >= 15 is 0 Å². The first kappa shape index (κ1) is 16.5. The monoisotopic (exact) mass is 306 g/mol. The molecule has 0 spiro atoms. The summed E-state index contributed by atoms with van der Waals surface area (Å²) in [5.74, 6) is -0.757. The van der Waals surface area contributed by atoms with Crippen LogP contribution in [0.15, 0.2) is 23.8 Å². The molecule has 0 aromatic rings. The maximum Gasteiger partial charge on any atom is 0.306 e. The van der Waals surface area contributed by atoms with Crippen LogP contribution in [0.2, 0.25) is 0 Å². The van der Waals surface area contributed by atoms with Gasteiger partial charge < -0.3 is 9.47 Å². The van der Waals surface area contributed by atoms with Gasteiger partial charge in [0.2, 0.25) is 0 Å². The number of carbonyl (C=O) groups is 3. The van der Waals surface area contributed by atoms with Gasteiger partial charge in [0, 0.05) is 19.3 Å². The Hall–Kier alpha value is -1.91. The summed E-state index contributed by atoms with van der Waals surface area (Å²) in [5.41, 5.74) is 0.839. The molecule has 22 heavy (non-hydrogen) atoms. The molecule has 1 aliphatic heterocycles. The summed E-state index contributed by atoms with van der Waals surface area (Å²) >= 11 is 0. The van der Waals surface area contributed by atoms with E-state index in [-0.39, 0.29) is 24.1 Å². The molecule has 1 heterocycles. The van der Waals surface area contributed by atoms with E-state index in [1.165, 1.54) is 6.92 Å². The van der Waals surface area contributed by atoms with E-state index in [0.717, 1.165) is 24.8 Å². The highest BCUT2D eigenvalue weighted by Crippen LogP contribution is 2.39. The molecular weight excluding hydrogens is 284 g/mol. The highest BCUT2D eigenvalue weighted by Gasteiger charge is 2.46. The minimum atomic E-state index is -0.552. The van der Waals surface area contributed by atoms with E-state index < -0.39 is 18.2 Å². The third kappa shape index (κ3) is 4.06. The molecule has 120 valence electrons. The van der Waals surface area contributed by atoms with Gasteiger partial charge in [0.1, 0.15) is 6.10 Å². The molecule has 5 heteroatoms. The highest BCUT2D eigenvalue weighted by atomic mass is 16.6. The molecule has 0 unspecified atom stereocenters. The Morgan fingerprint density at radius 2 is 2.18 bits per heavy atom. The van der Waals surface area contributed by atoms with Crippen molar-refractivity contribution < 1.29 is 23.9 Å². The zero-order valence-electron chi connectivity index (χ0n) is 13.0. The fraction of sp³-hybridized carbons (Fsp3) is 0.588. The van der Waals surface area contributed by atoms with Crippen molar-refractivity contribution in [3.05, 3.63) is 23.8 Å². The smallest absolute Gasteiger partial charge is 0.306 e. The van der Waals surface area contributed by atoms with Gasteiger partial charge in [-0.05, 0) is 24.1 Å². The number of rotatable bonds is 7. The maximum absolute atomic E-state index is 11.8. The van der Waals surface area contributed by atoms with Crippen LogP contribution in [-0.2, 0) is 23.9 Å². The third-order valence-corrected chi connectivity index (χ3v) is 3.95. The number of hydrogen-bond donors (Lipinski definition) is 0. The van der Waals surface area contributed by atoms with Crippen molar-refractivity contribution in [2.75, 3.05) is 0 Å². The Kier molecular flexibility index (Phi) is 5.52. The predicted octanol–water partition coefficient (Wildman–Crippen LogP) is 2.50. The Labute approximate surface area is 130 Å². The van der Waals surface area contributed by atoms with Gasteiger partial charge in [-0.2, -0.15) is 0 Å². The molecule has 3 atom stereocenters. The number of carbonyl (C=O) groups excluding carboxylic acids is 3. The van der Waals surface area contributed by atoms with Crippen molar-refractivity contribution in [3.8, 4) is 0 Å². The molecule has 1 saturated heterocycles. The summed E-state index contributed by atoms with van der Waals surface area (Å²) in [4.78, 5) is 34.4. The first-order chi connectivity index (χ1) is 10.5. The Morgan fingerprint density at radius 1 is 1.41 bits per heavy atom. The van der Waals surface area contributed by atoms with Gasteiger partial charge >= 0.3 is 11.9 Å². The molecular formula is C17H22O5. The summed E-state index contributed by atoms with van der Waals surface area (Å²) in [6.07, 6.45) is 7.88. The van der Waals surface area contributed by atoms with Crippen LogP contribution in [0.25, 0.3) is 0 Å². The van der Waals surface area contributed by atoms with Gasteiger partial charge in [-0.1, -0.05) is 25.8 Å². The molecule has 2 aliphatic rings. The van der Waals surface area contributed by atoms with E-state index in [1.807, 2.05) is 0 Å². The average Bonchev–Trinajstić information content (AvgIpc) is 2.96. The SMILES string of the molecule is CCCCCC(=O)C=CC1=C[C@@H](OC(C)=O)[C@@H]2OC(=O)C[C@H]12. The van der Waals surface area contributed by atoms with Gasteiger partial charge in [0.25, 0.3) is 0 Å². The number of fused-ring (bicyclic) bond motifs is 1. The normalized spacial score (nSPS) is 26.7. The van der Waals surface area contributed by atoms with E-state index in [1.54, 1.807) is 18.2 Å². The van der Waals surface area contributed by atoms with Crippen molar-refractivity contribution in [1.29, 1.82) is 0 Å². The zero-order chi connectivity index (χ0) is 16.1. The molecule has 1 fully saturated rings. The summed E-state index contributed by atoms with van der Waals surface area (Å²) in [6, 6.07) is 0. The molecule has 0 bridgehead atoms. The lowest BCUT2D eigenvalue weighted by atomic mass is 9.97. The van der Waals surface area contributed by atoms with Crippen LogP contribution in [0.5, 0.6) is 0 Å². The van der Waals surface area contributed by atoms with E-state index in [2.05, 4.69) is 6.92 Å². The second-order valence-electron chi connectivity index (χ2n) is 5.76. The van der Waals surface area contributed by atoms with Gasteiger partial charge in [-0.25, -0.2) is 0 Å². The van der Waals surface area contributed by atoms with Crippen LogP contribution in [0.1, 0.15) is 46.0 Å². The van der Waals surface area contributed by atoms with Gasteiger partial charge in [-0.15, -0.1) is 0 Å². The molecule has 0 amide bonds. The summed E-state index contributed by atoms with van der Waals surface area (Å²) in [7, 11) is 0. The number of unbranched alkanes of at least 4 members (excludes halogenated alkanes) is 2. The summed E-state index contributed by atoms with van der Waals surface area (Å²) in [6.45, 7) is 3.42. The second kappa shape index (κ2) is 7.38. The lowest BCUT2D eigenvalue weighted by Crippen LogP contribution is -2.29. The summed E-state index contributed by atoms with van der Waals surface area (Å²) in [5, 5.41) is 0. The van der Waals surface area contributed by atoms with Crippen LogP contribution in [0.4, 0.5) is 0 Å². The van der Waals surface area contributed by atoms with E-state index in [4.69, 9.17) is 9.47 Å². The molecule has 1 aliphatic carbocycles. The lowest BCUT2D eigenvalue weighted by molar-refractivity contribution is -0.156. The average molecular weight is 306 g/mol. The second-order valence-corrected chi connectivity index (χ2v) is 5.76. The Bertz CT molecular complexity index is 517. The number of hydrogen-bond acceptors (Lipinski definition) is 5. The van der Waals surface area contributed by atoms with Gasteiger partial charge in [0.15, 0.2) is 11.9 Å². The predicted molar refractivity (Wildman–Crippen MR) is 79.9 cm³/mol. The van der Waals surface area contributed by atoms with Crippen LogP contribution in [0.3, 0.4) is 0 Å². The van der Waals surface area contributed by atoms with Crippen LogP contribution in [0, 0.1) is 5.92 Å². The molecule has 0 N–H and O–H groups in total. The number of allylic oxidation sites excluding steroid dienone is 2. The van der Waals surface area contributed by atoms with Crippen molar-refractivity contribution in [3.63, 3.8) is 0 Å². The van der Waals surface area contributed by atoms with Crippen LogP contribution in [-0.4, -0.2) is 29.9 Å². The maximum atomic E-state index is 11.8. The van der Waals surface area contributed by atoms with Gasteiger partial charge in [0.05, 0.1) is 6.42 Å². The van der Waals surface area contributed by atoms with Crippen LogP contribution >= 0.6 is 0 Å². The highest BCUT2D eigenvalue weighted by molar-refractivity contribution is 5.90. The lowest BCUT2D eigenvalue weighted by Gasteiger charge is -2.17. The van der Waals surface area contributed by atoms with Crippen molar-refractivity contribution in [2.45, 2.75) is 58.2 Å². The topological polar surface area (TPSA) is 69.7 Å². The largest absolute Gasteiger partial charge is 0.457 e. The Balaban J connectivity index is 2.00. The number of ketones is 1. The van der Waals surface area contributed by atoms with Gasteiger partial charge in [-0.3, -0.25) is 14.4 Å². The minimum Gasteiger partial charge on any atom is -0.457 e. The fourth-order valence-electron chi connectivity index (χ4n) is 2.88. The number of esters is 2. The minimum absolute atomic E-state index is 0.0760. The first-order valence-electron chi connectivity index (χ1n) is 7.80. The van der Waals surface area contributed by atoms with Crippen molar-refractivity contribution >= 4 is 17.7 Å². The van der Waals surface area contributed by atoms with Crippen LogP contribution < -0.4 is 0 Å². The molecule has 0 aromatic heterocycles. The van der Waals surface area contributed by atoms with E-state index in [0.29, 0.717) is 6.42 Å². The van der Waals surface area contributed by atoms with E-state index in [9.17, 15) is 14.4 Å². The molecule has 2 rings (SSSR count). The first-order valence-corrected chi connectivity index (χ1v) is 7.80. The Morgan fingerprint density at radius 3 is 2.86 bits per heavy atom. The quantitative estimate of drug-likeness (QED) is 0.410. The number of ether oxygens (including phenoxy) is 2. The summed E-state index contributed by atoms with van der Waals surface area (Å²) < 4.78 is 10.4. The third-order valence-electron chi connectivity index (χ3n) is 3.95. The fourth-order valence-corrected chi connectivity index (χ4v) is 2.88. The molecule has 0 radical (unpaired) electrons. The standard InChI is InChI=1S/C17H22O5/c1-3-4-5-6-13(19)8-7-12-9-15(21-11(2)18)17-14(12)10-16(20)22-17/h7-9,14-15,17H,3-6,10H2,1-2H3/t14-,15-,17-/m1/s1. The molecule has 0 aromatic carbocycles.